The van der Waals surface area contributed by atoms with Gasteiger partial charge >= 0.3 is 0 Å². The molecule has 6 heteroatoms. The van der Waals surface area contributed by atoms with Crippen LogP contribution in [0, 0.1) is 0 Å². The summed E-state index contributed by atoms with van der Waals surface area (Å²) in [4.78, 5) is 18.9. The lowest BCUT2D eigenvalue weighted by Gasteiger charge is -2.26. The maximum Gasteiger partial charge on any atom is 0.281 e. The smallest absolute Gasteiger partial charge is 0.281 e. The number of aryl methyl sites for hydroxylation is 1. The van der Waals surface area contributed by atoms with Crippen LogP contribution in [0.1, 0.15) is 20.3 Å². The van der Waals surface area contributed by atoms with Crippen LogP contribution in [-0.4, -0.2) is 43.9 Å². The van der Waals surface area contributed by atoms with Crippen molar-refractivity contribution in [2.75, 3.05) is 13.6 Å². The number of rotatable bonds is 5. The zero-order valence-electron chi connectivity index (χ0n) is 12.0. The minimum absolute atomic E-state index is 0.0615. The standard InChI is InChI=1S/C13H21N5O/c1-5-10(16(3)6-2)7-18-9-14-11-8-17(4)15-12(11)13(18)19/h8-10H,5-7H2,1-4H3. The van der Waals surface area contributed by atoms with E-state index in [1.807, 2.05) is 0 Å². The molecule has 1 atom stereocenters. The lowest BCUT2D eigenvalue weighted by Crippen LogP contribution is -2.37. The molecule has 19 heavy (non-hydrogen) atoms. The Morgan fingerprint density at radius 1 is 1.42 bits per heavy atom. The molecule has 2 aromatic rings. The van der Waals surface area contributed by atoms with E-state index in [0.717, 1.165) is 13.0 Å². The molecule has 0 fully saturated rings. The minimum atomic E-state index is -0.0615. The molecule has 0 aromatic carbocycles. The molecule has 0 radical (unpaired) electrons. The molecular weight excluding hydrogens is 242 g/mol. The van der Waals surface area contributed by atoms with Crippen molar-refractivity contribution >= 4 is 11.0 Å². The first-order valence-electron chi connectivity index (χ1n) is 6.65. The zero-order valence-corrected chi connectivity index (χ0v) is 12.0. The molecule has 2 aromatic heterocycles. The highest BCUT2D eigenvalue weighted by molar-refractivity contribution is 5.71. The predicted octanol–water partition coefficient (Wildman–Crippen LogP) is 0.860. The third kappa shape index (κ3) is 2.68. The highest BCUT2D eigenvalue weighted by atomic mass is 16.1. The molecule has 0 saturated carbocycles. The number of aromatic nitrogens is 4. The molecule has 0 aliphatic heterocycles. The van der Waals surface area contributed by atoms with Crippen LogP contribution in [0.4, 0.5) is 0 Å². The van der Waals surface area contributed by atoms with E-state index in [9.17, 15) is 4.79 Å². The fourth-order valence-electron chi connectivity index (χ4n) is 2.24. The van der Waals surface area contributed by atoms with E-state index < -0.39 is 0 Å². The predicted molar refractivity (Wildman–Crippen MR) is 75.2 cm³/mol. The molecule has 104 valence electrons. The highest BCUT2D eigenvalue weighted by Gasteiger charge is 2.14. The van der Waals surface area contributed by atoms with E-state index >= 15 is 0 Å². The number of fused-ring (bicyclic) bond motifs is 1. The molecule has 0 N–H and O–H groups in total. The topological polar surface area (TPSA) is 56.0 Å². The summed E-state index contributed by atoms with van der Waals surface area (Å²) in [5.74, 6) is 0. The second-order valence-electron chi connectivity index (χ2n) is 4.87. The van der Waals surface area contributed by atoms with E-state index in [0.29, 0.717) is 23.6 Å². The molecule has 0 aliphatic rings. The Kier molecular flexibility index (Phi) is 3.99. The third-order valence-electron chi connectivity index (χ3n) is 3.61. The SMILES string of the molecule is CCC(Cn1cnc2cn(C)nc2c1=O)N(C)CC. The van der Waals surface area contributed by atoms with Gasteiger partial charge < -0.3 is 4.90 Å². The van der Waals surface area contributed by atoms with Crippen molar-refractivity contribution < 1.29 is 0 Å². The van der Waals surface area contributed by atoms with Crippen LogP contribution in [-0.2, 0) is 13.6 Å². The fraction of sp³-hybridized carbons (Fsp3) is 0.615. The van der Waals surface area contributed by atoms with Crippen molar-refractivity contribution in [3.05, 3.63) is 22.9 Å². The van der Waals surface area contributed by atoms with Gasteiger partial charge in [0.15, 0.2) is 5.52 Å². The molecule has 0 amide bonds. The van der Waals surface area contributed by atoms with Gasteiger partial charge in [-0.15, -0.1) is 0 Å². The summed E-state index contributed by atoms with van der Waals surface area (Å²) < 4.78 is 3.29. The zero-order chi connectivity index (χ0) is 14.0. The number of likely N-dealkylation sites (N-methyl/N-ethyl adjacent to an activating group) is 1. The van der Waals surface area contributed by atoms with Gasteiger partial charge in [-0.25, -0.2) is 4.98 Å². The van der Waals surface area contributed by atoms with Gasteiger partial charge in [0, 0.05) is 19.6 Å². The Bertz CT molecular complexity index is 615. The van der Waals surface area contributed by atoms with E-state index in [1.54, 1.807) is 28.8 Å². The first-order chi connectivity index (χ1) is 9.06. The summed E-state index contributed by atoms with van der Waals surface area (Å²) in [6.07, 6.45) is 4.38. The Morgan fingerprint density at radius 2 is 2.16 bits per heavy atom. The quantitative estimate of drug-likeness (QED) is 0.803. The Hall–Kier alpha value is -1.69. The molecule has 0 bridgehead atoms. The summed E-state index contributed by atoms with van der Waals surface area (Å²) >= 11 is 0. The van der Waals surface area contributed by atoms with Gasteiger partial charge in [0.1, 0.15) is 5.52 Å². The van der Waals surface area contributed by atoms with Crippen molar-refractivity contribution in [1.29, 1.82) is 0 Å². The fourth-order valence-corrected chi connectivity index (χ4v) is 2.24. The first kappa shape index (κ1) is 13.7. The highest BCUT2D eigenvalue weighted by Crippen LogP contribution is 2.06. The second-order valence-corrected chi connectivity index (χ2v) is 4.87. The molecule has 1 unspecified atom stereocenters. The molecule has 2 heterocycles. The lowest BCUT2D eigenvalue weighted by molar-refractivity contribution is 0.221. The average molecular weight is 263 g/mol. The number of nitrogens with zero attached hydrogens (tertiary/aromatic N) is 5. The van der Waals surface area contributed by atoms with Crippen LogP contribution >= 0.6 is 0 Å². The van der Waals surface area contributed by atoms with Crippen molar-refractivity contribution in [3.8, 4) is 0 Å². The summed E-state index contributed by atoms with van der Waals surface area (Å²) in [5, 5.41) is 4.18. The number of hydrogen-bond acceptors (Lipinski definition) is 4. The van der Waals surface area contributed by atoms with E-state index in [1.165, 1.54) is 0 Å². The molecular formula is C13H21N5O. The van der Waals surface area contributed by atoms with E-state index in [4.69, 9.17) is 0 Å². The number of hydrogen-bond donors (Lipinski definition) is 0. The monoisotopic (exact) mass is 263 g/mol. The second kappa shape index (κ2) is 5.52. The van der Waals surface area contributed by atoms with Crippen LogP contribution < -0.4 is 5.56 Å². The first-order valence-corrected chi connectivity index (χ1v) is 6.65. The van der Waals surface area contributed by atoms with Gasteiger partial charge in [0.25, 0.3) is 5.56 Å². The maximum absolute atomic E-state index is 12.3. The van der Waals surface area contributed by atoms with Gasteiger partial charge in [0.2, 0.25) is 0 Å². The minimum Gasteiger partial charge on any atom is -0.302 e. The largest absolute Gasteiger partial charge is 0.302 e. The Balaban J connectivity index is 2.35. The summed E-state index contributed by atoms with van der Waals surface area (Å²) in [6, 6.07) is 0.339. The van der Waals surface area contributed by atoms with Crippen molar-refractivity contribution in [2.24, 2.45) is 7.05 Å². The van der Waals surface area contributed by atoms with Gasteiger partial charge in [-0.3, -0.25) is 14.0 Å². The van der Waals surface area contributed by atoms with Crippen LogP contribution in [0.15, 0.2) is 17.3 Å². The Morgan fingerprint density at radius 3 is 2.79 bits per heavy atom. The van der Waals surface area contributed by atoms with Crippen molar-refractivity contribution in [3.63, 3.8) is 0 Å². The maximum atomic E-state index is 12.3. The van der Waals surface area contributed by atoms with Gasteiger partial charge in [-0.1, -0.05) is 13.8 Å². The van der Waals surface area contributed by atoms with Gasteiger partial charge in [-0.05, 0) is 20.0 Å². The normalized spacial score (nSPS) is 13.3. The summed E-state index contributed by atoms with van der Waals surface area (Å²) in [6.45, 7) is 5.87. The molecule has 0 spiro atoms. The van der Waals surface area contributed by atoms with Crippen LogP contribution in [0.25, 0.3) is 11.0 Å². The van der Waals surface area contributed by atoms with Gasteiger partial charge in [-0.2, -0.15) is 5.10 Å². The molecule has 0 aliphatic carbocycles. The van der Waals surface area contributed by atoms with Crippen LogP contribution in [0.2, 0.25) is 0 Å². The average Bonchev–Trinajstić information content (AvgIpc) is 2.79. The van der Waals surface area contributed by atoms with Crippen LogP contribution in [0.3, 0.4) is 0 Å². The lowest BCUT2D eigenvalue weighted by atomic mass is 10.2. The molecule has 0 saturated heterocycles. The van der Waals surface area contributed by atoms with Gasteiger partial charge in [0.05, 0.1) is 12.5 Å². The molecule has 2 rings (SSSR count). The van der Waals surface area contributed by atoms with Crippen molar-refractivity contribution in [1.82, 2.24) is 24.2 Å². The van der Waals surface area contributed by atoms with Crippen LogP contribution in [0.5, 0.6) is 0 Å². The van der Waals surface area contributed by atoms with E-state index in [-0.39, 0.29) is 5.56 Å². The summed E-state index contributed by atoms with van der Waals surface area (Å²) in [5.41, 5.74) is 1.04. The third-order valence-corrected chi connectivity index (χ3v) is 3.61. The summed E-state index contributed by atoms with van der Waals surface area (Å²) in [7, 11) is 3.87. The Labute approximate surface area is 112 Å². The van der Waals surface area contributed by atoms with Crippen molar-refractivity contribution in [2.45, 2.75) is 32.9 Å². The van der Waals surface area contributed by atoms with E-state index in [2.05, 4.69) is 35.9 Å². The molecule has 6 nitrogen and oxygen atoms in total.